The Morgan fingerprint density at radius 2 is 2.11 bits per heavy atom. The topological polar surface area (TPSA) is 65.5 Å². The van der Waals surface area contributed by atoms with Crippen molar-refractivity contribution in [3.05, 3.63) is 23.3 Å². The second-order valence-corrected chi connectivity index (χ2v) is 9.46. The van der Waals surface area contributed by atoms with E-state index in [9.17, 15) is 9.59 Å². The minimum Gasteiger partial charge on any atom is -0.346 e. The van der Waals surface area contributed by atoms with Gasteiger partial charge < -0.3 is 15.1 Å². The number of nitrogens with one attached hydrogen (secondary N) is 1. The Balaban J connectivity index is 1.42. The Hall–Kier alpha value is -1.64. The molecule has 2 aromatic rings. The first-order valence-electron chi connectivity index (χ1n) is 9.48. The van der Waals surface area contributed by atoms with Crippen molar-refractivity contribution in [1.29, 1.82) is 0 Å². The van der Waals surface area contributed by atoms with Crippen LogP contribution in [0.1, 0.15) is 23.3 Å². The zero-order chi connectivity index (χ0) is 18.4. The largest absolute Gasteiger partial charge is 0.346 e. The summed E-state index contributed by atoms with van der Waals surface area (Å²) in [5.74, 6) is 2.10. The molecule has 0 aromatic carbocycles. The van der Waals surface area contributed by atoms with E-state index in [1.165, 1.54) is 24.2 Å². The lowest BCUT2D eigenvalue weighted by molar-refractivity contribution is -0.116. The molecule has 6 nitrogen and oxygen atoms in total. The number of thiophene rings is 1. The highest BCUT2D eigenvalue weighted by atomic mass is 32.2. The number of rotatable bonds is 3. The van der Waals surface area contributed by atoms with Gasteiger partial charge in [0.05, 0.1) is 16.1 Å². The van der Waals surface area contributed by atoms with E-state index >= 15 is 0 Å². The fourth-order valence-corrected chi connectivity index (χ4v) is 6.28. The van der Waals surface area contributed by atoms with E-state index in [0.29, 0.717) is 17.4 Å². The van der Waals surface area contributed by atoms with E-state index in [1.54, 1.807) is 18.0 Å². The third kappa shape index (κ3) is 3.13. The molecule has 8 heteroatoms. The molecule has 4 fully saturated rings. The number of carbonyl (C=O) groups is 2. The van der Waals surface area contributed by atoms with Crippen molar-refractivity contribution >= 4 is 50.7 Å². The Kier molecular flexibility index (Phi) is 4.57. The zero-order valence-corrected chi connectivity index (χ0v) is 16.7. The van der Waals surface area contributed by atoms with Crippen LogP contribution in [0.25, 0.3) is 10.1 Å². The van der Waals surface area contributed by atoms with E-state index in [0.717, 1.165) is 47.7 Å². The first-order chi connectivity index (χ1) is 13.2. The molecule has 6 heterocycles. The number of anilines is 1. The van der Waals surface area contributed by atoms with Crippen molar-refractivity contribution in [3.8, 4) is 0 Å². The number of carbonyl (C=O) groups excluding carboxylic acids is 2. The highest BCUT2D eigenvalue weighted by molar-refractivity contribution is 8.00. The molecule has 2 amide bonds. The first-order valence-corrected chi connectivity index (χ1v) is 11.5. The van der Waals surface area contributed by atoms with E-state index in [2.05, 4.69) is 15.2 Å². The van der Waals surface area contributed by atoms with Gasteiger partial charge in [-0.2, -0.15) is 11.8 Å². The zero-order valence-electron chi connectivity index (χ0n) is 15.0. The van der Waals surface area contributed by atoms with Gasteiger partial charge >= 0.3 is 0 Å². The van der Waals surface area contributed by atoms with Crippen LogP contribution >= 0.6 is 23.1 Å². The molecule has 0 spiro atoms. The minimum absolute atomic E-state index is 0.0896. The Morgan fingerprint density at radius 1 is 1.26 bits per heavy atom. The lowest BCUT2D eigenvalue weighted by Crippen LogP contribution is -2.57. The van der Waals surface area contributed by atoms with Crippen LogP contribution in [-0.4, -0.2) is 65.4 Å². The smallest absolute Gasteiger partial charge is 0.271 e. The maximum absolute atomic E-state index is 13.0. The summed E-state index contributed by atoms with van der Waals surface area (Å²) in [5, 5.41) is 6.18. The van der Waals surface area contributed by atoms with Crippen molar-refractivity contribution < 1.29 is 9.59 Å². The van der Waals surface area contributed by atoms with Crippen LogP contribution in [0.2, 0.25) is 0 Å². The maximum atomic E-state index is 13.0. The van der Waals surface area contributed by atoms with Gasteiger partial charge in [0, 0.05) is 41.8 Å². The normalized spacial score (nSPS) is 27.9. The lowest BCUT2D eigenvalue weighted by Gasteiger charge is -2.44. The third-order valence-electron chi connectivity index (χ3n) is 5.93. The molecule has 0 saturated carbocycles. The summed E-state index contributed by atoms with van der Waals surface area (Å²) in [6.45, 7) is 3.98. The van der Waals surface area contributed by atoms with Crippen molar-refractivity contribution in [2.45, 2.75) is 18.9 Å². The number of hydrogen-bond acceptors (Lipinski definition) is 6. The summed E-state index contributed by atoms with van der Waals surface area (Å²) in [5.41, 5.74) is 1.40. The van der Waals surface area contributed by atoms with Gasteiger partial charge in [-0.3, -0.25) is 9.59 Å². The molecule has 1 atom stereocenters. The molecule has 4 aliphatic rings. The quantitative estimate of drug-likeness (QED) is 0.853. The van der Waals surface area contributed by atoms with Gasteiger partial charge in [-0.1, -0.05) is 0 Å². The Bertz CT molecular complexity index is 891. The molecule has 4 saturated heterocycles. The SMILES string of the molecule is O=C(N[C@H]1CN2CCC1CC2)c1nccc2c(N3CCSCC3=O)csc12. The number of piperidine rings is 3. The van der Waals surface area contributed by atoms with Crippen molar-refractivity contribution in [1.82, 2.24) is 15.2 Å². The average Bonchev–Trinajstić information content (AvgIpc) is 3.13. The van der Waals surface area contributed by atoms with Gasteiger partial charge in [-0.15, -0.1) is 11.3 Å². The van der Waals surface area contributed by atoms with Gasteiger partial charge in [0.1, 0.15) is 5.69 Å². The molecular weight excluding hydrogens is 380 g/mol. The summed E-state index contributed by atoms with van der Waals surface area (Å²) in [6, 6.07) is 2.14. The fraction of sp³-hybridized carbons (Fsp3) is 0.526. The van der Waals surface area contributed by atoms with Gasteiger partial charge in [-0.05, 0) is 37.9 Å². The summed E-state index contributed by atoms with van der Waals surface area (Å²) in [7, 11) is 0. The molecule has 1 N–H and O–H groups in total. The van der Waals surface area contributed by atoms with E-state index < -0.39 is 0 Å². The number of pyridine rings is 1. The van der Waals surface area contributed by atoms with Crippen LogP contribution in [0.3, 0.4) is 0 Å². The van der Waals surface area contributed by atoms with Gasteiger partial charge in [0.25, 0.3) is 5.91 Å². The summed E-state index contributed by atoms with van der Waals surface area (Å²) >= 11 is 3.18. The highest BCUT2D eigenvalue weighted by Crippen LogP contribution is 2.36. The molecule has 2 bridgehead atoms. The second kappa shape index (κ2) is 7.07. The highest BCUT2D eigenvalue weighted by Gasteiger charge is 2.35. The molecule has 0 unspecified atom stereocenters. The molecule has 4 aliphatic heterocycles. The van der Waals surface area contributed by atoms with Crippen LogP contribution in [0, 0.1) is 5.92 Å². The second-order valence-electron chi connectivity index (χ2n) is 7.47. The summed E-state index contributed by atoms with van der Waals surface area (Å²) in [4.78, 5) is 34.0. The van der Waals surface area contributed by atoms with Crippen molar-refractivity contribution in [2.75, 3.05) is 42.6 Å². The molecule has 2 aromatic heterocycles. The molecule has 27 heavy (non-hydrogen) atoms. The van der Waals surface area contributed by atoms with E-state index in [-0.39, 0.29) is 17.9 Å². The van der Waals surface area contributed by atoms with Gasteiger partial charge in [0.2, 0.25) is 5.91 Å². The van der Waals surface area contributed by atoms with Gasteiger partial charge in [0.15, 0.2) is 0 Å². The number of fused-ring (bicyclic) bond motifs is 4. The minimum atomic E-state index is -0.0896. The number of thioether (sulfide) groups is 1. The maximum Gasteiger partial charge on any atom is 0.271 e. The average molecular weight is 403 g/mol. The predicted octanol–water partition coefficient (Wildman–Crippen LogP) is 2.20. The first kappa shape index (κ1) is 17.5. The van der Waals surface area contributed by atoms with Gasteiger partial charge in [-0.25, -0.2) is 4.98 Å². The molecular formula is C19H22N4O2S2. The number of aromatic nitrogens is 1. The van der Waals surface area contributed by atoms with Crippen LogP contribution in [0.5, 0.6) is 0 Å². The van der Waals surface area contributed by atoms with Crippen LogP contribution < -0.4 is 10.2 Å². The fourth-order valence-electron chi connectivity index (χ4n) is 4.46. The molecule has 0 radical (unpaired) electrons. The third-order valence-corrected chi connectivity index (χ3v) is 7.85. The summed E-state index contributed by atoms with van der Waals surface area (Å²) in [6.07, 6.45) is 4.02. The van der Waals surface area contributed by atoms with Crippen molar-refractivity contribution in [3.63, 3.8) is 0 Å². The number of hydrogen-bond donors (Lipinski definition) is 1. The van der Waals surface area contributed by atoms with Crippen molar-refractivity contribution in [2.24, 2.45) is 5.92 Å². The predicted molar refractivity (Wildman–Crippen MR) is 110 cm³/mol. The number of nitrogens with zero attached hydrogens (tertiary/aromatic N) is 3. The molecule has 142 valence electrons. The van der Waals surface area contributed by atoms with Crippen LogP contribution in [-0.2, 0) is 4.79 Å². The molecule has 6 rings (SSSR count). The van der Waals surface area contributed by atoms with Crippen LogP contribution in [0.4, 0.5) is 5.69 Å². The molecule has 0 aliphatic carbocycles. The van der Waals surface area contributed by atoms with E-state index in [1.807, 2.05) is 16.3 Å². The summed E-state index contributed by atoms with van der Waals surface area (Å²) < 4.78 is 0.873. The van der Waals surface area contributed by atoms with Crippen LogP contribution in [0.15, 0.2) is 17.6 Å². The Morgan fingerprint density at radius 3 is 2.85 bits per heavy atom. The standard InChI is InChI=1S/C19H22N4O2S2/c24-16-11-26-8-7-23(16)15-10-27-18-13(15)1-4-20-17(18)19(25)21-14-9-22-5-2-12(14)3-6-22/h1,4,10,12,14H,2-3,5-9,11H2,(H,21,25)/t14-/m0/s1. The monoisotopic (exact) mass is 402 g/mol. The number of amides is 2. The Labute approximate surface area is 166 Å². The van der Waals surface area contributed by atoms with E-state index in [4.69, 9.17) is 0 Å². The lowest BCUT2D eigenvalue weighted by atomic mass is 9.84.